The van der Waals surface area contributed by atoms with Gasteiger partial charge in [0.05, 0.1) is 6.33 Å². The van der Waals surface area contributed by atoms with Gasteiger partial charge in [-0.2, -0.15) is 0 Å². The van der Waals surface area contributed by atoms with Crippen LogP contribution in [0.4, 0.5) is 14.6 Å². The lowest BCUT2D eigenvalue weighted by molar-refractivity contribution is 0.145. The summed E-state index contributed by atoms with van der Waals surface area (Å²) in [5.74, 6) is 0.665. The first-order valence-electron chi connectivity index (χ1n) is 8.25. The monoisotopic (exact) mass is 367 g/mol. The molecular formula is C16H19F2N5O3. The zero-order valence-corrected chi connectivity index (χ0v) is 14.2. The summed E-state index contributed by atoms with van der Waals surface area (Å²) in [5.41, 5.74) is -1.85. The van der Waals surface area contributed by atoms with Gasteiger partial charge in [0.25, 0.3) is 17.5 Å². The molecule has 140 valence electrons. The van der Waals surface area contributed by atoms with E-state index >= 15 is 0 Å². The van der Waals surface area contributed by atoms with Gasteiger partial charge in [-0.05, 0) is 18.8 Å². The van der Waals surface area contributed by atoms with Crippen LogP contribution in [0.5, 0.6) is 0 Å². The third kappa shape index (κ3) is 3.73. The van der Waals surface area contributed by atoms with Crippen molar-refractivity contribution in [3.63, 3.8) is 0 Å². The maximum absolute atomic E-state index is 12.6. The minimum Gasteiger partial charge on any atom is -0.358 e. The molecule has 0 aliphatic carbocycles. The molecule has 10 heteroatoms. The summed E-state index contributed by atoms with van der Waals surface area (Å²) in [6.45, 7) is 1.63. The number of piperidine rings is 1. The number of alkyl halides is 2. The summed E-state index contributed by atoms with van der Waals surface area (Å²) < 4.78 is 27.5. The molecule has 1 N–H and O–H groups in total. The van der Waals surface area contributed by atoms with Crippen molar-refractivity contribution in [3.8, 4) is 0 Å². The van der Waals surface area contributed by atoms with Crippen molar-refractivity contribution in [2.45, 2.75) is 25.8 Å². The highest BCUT2D eigenvalue weighted by molar-refractivity contribution is 5.37. The number of nitrogens with zero attached hydrogens (tertiary/aromatic N) is 4. The van der Waals surface area contributed by atoms with E-state index in [0.717, 1.165) is 29.8 Å². The molecule has 3 heterocycles. The van der Waals surface area contributed by atoms with Crippen LogP contribution in [-0.2, 0) is 13.6 Å². The number of hydrogen-bond acceptors (Lipinski definition) is 5. The first-order chi connectivity index (χ1) is 12.3. The van der Waals surface area contributed by atoms with E-state index in [0.29, 0.717) is 25.5 Å². The van der Waals surface area contributed by atoms with Gasteiger partial charge in [0.1, 0.15) is 11.5 Å². The average Bonchev–Trinajstić information content (AvgIpc) is 2.61. The molecule has 3 rings (SSSR count). The minimum absolute atomic E-state index is 0.182. The molecule has 0 bridgehead atoms. The van der Waals surface area contributed by atoms with E-state index in [9.17, 15) is 23.2 Å². The van der Waals surface area contributed by atoms with E-state index in [4.69, 9.17) is 0 Å². The molecule has 0 aromatic carbocycles. The summed E-state index contributed by atoms with van der Waals surface area (Å²) in [7, 11) is 1.41. The Morgan fingerprint density at radius 1 is 1.19 bits per heavy atom. The molecule has 0 saturated carbocycles. The molecule has 1 fully saturated rings. The SMILES string of the molecule is Cn1c(=O)cc(N2CCC(Cn3cnc(C(F)F)cc3=O)CC2)[nH]c1=O. The molecule has 0 atom stereocenters. The van der Waals surface area contributed by atoms with Gasteiger partial charge < -0.3 is 4.90 Å². The van der Waals surface area contributed by atoms with E-state index in [1.54, 1.807) is 0 Å². The van der Waals surface area contributed by atoms with Crippen LogP contribution in [-0.4, -0.2) is 32.2 Å². The van der Waals surface area contributed by atoms with Gasteiger partial charge in [-0.1, -0.05) is 0 Å². The quantitative estimate of drug-likeness (QED) is 0.849. The van der Waals surface area contributed by atoms with Crippen LogP contribution in [0.3, 0.4) is 0 Å². The number of rotatable bonds is 4. The molecule has 1 aliphatic rings. The Balaban J connectivity index is 1.65. The lowest BCUT2D eigenvalue weighted by atomic mass is 9.96. The fraction of sp³-hybridized carbons (Fsp3) is 0.500. The van der Waals surface area contributed by atoms with Gasteiger partial charge in [0, 0.05) is 38.8 Å². The predicted molar refractivity (Wildman–Crippen MR) is 90.7 cm³/mol. The maximum atomic E-state index is 12.6. The Bertz CT molecular complexity index is 926. The third-order valence-electron chi connectivity index (χ3n) is 4.66. The van der Waals surface area contributed by atoms with E-state index < -0.39 is 23.4 Å². The molecule has 2 aromatic heterocycles. The number of aromatic amines is 1. The van der Waals surface area contributed by atoms with Crippen LogP contribution in [0, 0.1) is 5.92 Å². The van der Waals surface area contributed by atoms with Crippen LogP contribution in [0.1, 0.15) is 25.0 Å². The molecule has 0 radical (unpaired) electrons. The normalized spacial score (nSPS) is 15.6. The van der Waals surface area contributed by atoms with Crippen molar-refractivity contribution < 1.29 is 8.78 Å². The second kappa shape index (κ2) is 7.22. The highest BCUT2D eigenvalue weighted by atomic mass is 19.3. The van der Waals surface area contributed by atoms with Crippen LogP contribution in [0.15, 0.2) is 32.8 Å². The van der Waals surface area contributed by atoms with Crippen molar-refractivity contribution in [3.05, 3.63) is 55.3 Å². The fourth-order valence-electron chi connectivity index (χ4n) is 3.04. The van der Waals surface area contributed by atoms with Gasteiger partial charge in [0.15, 0.2) is 0 Å². The Morgan fingerprint density at radius 3 is 2.46 bits per heavy atom. The molecule has 0 amide bonds. The van der Waals surface area contributed by atoms with Gasteiger partial charge in [0.2, 0.25) is 0 Å². The van der Waals surface area contributed by atoms with Crippen LogP contribution < -0.4 is 21.7 Å². The molecule has 26 heavy (non-hydrogen) atoms. The highest BCUT2D eigenvalue weighted by Gasteiger charge is 2.21. The first kappa shape index (κ1) is 18.0. The second-order valence-corrected chi connectivity index (χ2v) is 6.39. The fourth-order valence-corrected chi connectivity index (χ4v) is 3.04. The van der Waals surface area contributed by atoms with Gasteiger partial charge in [-0.25, -0.2) is 18.6 Å². The van der Waals surface area contributed by atoms with E-state index in [-0.39, 0.29) is 11.5 Å². The summed E-state index contributed by atoms with van der Waals surface area (Å²) >= 11 is 0. The largest absolute Gasteiger partial charge is 0.358 e. The Hall–Kier alpha value is -2.78. The van der Waals surface area contributed by atoms with Crippen LogP contribution in [0.2, 0.25) is 0 Å². The molecule has 1 saturated heterocycles. The number of nitrogens with one attached hydrogen (secondary N) is 1. The number of aromatic nitrogens is 4. The first-order valence-corrected chi connectivity index (χ1v) is 8.25. The average molecular weight is 367 g/mol. The van der Waals surface area contributed by atoms with Crippen LogP contribution in [0.25, 0.3) is 0 Å². The predicted octanol–water partition coefficient (Wildman–Crippen LogP) is 0.484. The van der Waals surface area contributed by atoms with Gasteiger partial charge in [-0.3, -0.25) is 23.7 Å². The van der Waals surface area contributed by atoms with E-state index in [1.807, 2.05) is 4.90 Å². The lowest BCUT2D eigenvalue weighted by Crippen LogP contribution is -2.40. The Morgan fingerprint density at radius 2 is 1.88 bits per heavy atom. The number of H-pyrrole nitrogens is 1. The summed E-state index contributed by atoms with van der Waals surface area (Å²) in [4.78, 5) is 43.6. The summed E-state index contributed by atoms with van der Waals surface area (Å²) in [6.07, 6.45) is -0.129. The molecule has 2 aromatic rings. The Labute approximate surface area is 146 Å². The topological polar surface area (TPSA) is 93.0 Å². The minimum atomic E-state index is -2.76. The van der Waals surface area contributed by atoms with E-state index in [2.05, 4.69) is 9.97 Å². The third-order valence-corrected chi connectivity index (χ3v) is 4.66. The van der Waals surface area contributed by atoms with Crippen molar-refractivity contribution in [2.24, 2.45) is 13.0 Å². The number of hydrogen-bond donors (Lipinski definition) is 1. The lowest BCUT2D eigenvalue weighted by Gasteiger charge is -2.33. The van der Waals surface area contributed by atoms with Gasteiger partial charge in [-0.15, -0.1) is 0 Å². The summed E-state index contributed by atoms with van der Waals surface area (Å²) in [5, 5.41) is 0. The zero-order chi connectivity index (χ0) is 18.8. The smallest absolute Gasteiger partial charge is 0.329 e. The summed E-state index contributed by atoms with van der Waals surface area (Å²) in [6, 6.07) is 2.25. The van der Waals surface area contributed by atoms with Gasteiger partial charge >= 0.3 is 5.69 Å². The van der Waals surface area contributed by atoms with Crippen molar-refractivity contribution in [2.75, 3.05) is 18.0 Å². The molecule has 1 aliphatic heterocycles. The Kier molecular flexibility index (Phi) is 5.01. The molecule has 0 spiro atoms. The molecular weight excluding hydrogens is 348 g/mol. The molecule has 0 unspecified atom stereocenters. The molecule has 8 nitrogen and oxygen atoms in total. The second-order valence-electron chi connectivity index (χ2n) is 6.39. The zero-order valence-electron chi connectivity index (χ0n) is 14.2. The number of anilines is 1. The van der Waals surface area contributed by atoms with Crippen molar-refractivity contribution in [1.82, 2.24) is 19.1 Å². The number of halogens is 2. The highest BCUT2D eigenvalue weighted by Crippen LogP contribution is 2.21. The standard InChI is InChI=1S/C16H19F2N5O3/c1-21-13(24)7-12(20-16(21)26)22-4-2-10(3-5-22)8-23-9-19-11(15(17)18)6-14(23)25/h6-7,9-10,15H,2-5,8H2,1H3,(H,20,26). The van der Waals surface area contributed by atoms with Crippen LogP contribution >= 0.6 is 0 Å². The maximum Gasteiger partial charge on any atom is 0.329 e. The van der Waals surface area contributed by atoms with Crippen molar-refractivity contribution in [1.29, 1.82) is 0 Å². The van der Waals surface area contributed by atoms with Crippen molar-refractivity contribution >= 4 is 5.82 Å². The van der Waals surface area contributed by atoms with E-state index in [1.165, 1.54) is 17.7 Å².